The van der Waals surface area contributed by atoms with Crippen molar-refractivity contribution in [3.8, 4) is 11.1 Å². The number of hydrogen-bond acceptors (Lipinski definition) is 6. The van der Waals surface area contributed by atoms with E-state index in [0.717, 1.165) is 6.07 Å². The van der Waals surface area contributed by atoms with E-state index in [9.17, 15) is 28.0 Å². The fourth-order valence-electron chi connectivity index (χ4n) is 4.10. The summed E-state index contributed by atoms with van der Waals surface area (Å²) in [6.07, 6.45) is -0.337. The van der Waals surface area contributed by atoms with Gasteiger partial charge in [0, 0.05) is 37.4 Å². The van der Waals surface area contributed by atoms with Crippen LogP contribution in [-0.4, -0.2) is 40.6 Å². The molecule has 0 aliphatic heterocycles. The van der Waals surface area contributed by atoms with Gasteiger partial charge in [0.25, 0.3) is 0 Å². The van der Waals surface area contributed by atoms with Gasteiger partial charge in [-0.15, -0.1) is 0 Å². The van der Waals surface area contributed by atoms with Gasteiger partial charge >= 0.3 is 0 Å². The molecule has 0 unspecified atom stereocenters. The van der Waals surface area contributed by atoms with Gasteiger partial charge in [0.05, 0.1) is 11.5 Å². The van der Waals surface area contributed by atoms with E-state index in [2.05, 4.69) is 15.8 Å². The van der Waals surface area contributed by atoms with E-state index in [1.54, 1.807) is 33.8 Å². The zero-order chi connectivity index (χ0) is 29.4. The number of Topliss-reactive ketones (excluding diaryl/α,β-unsaturated/α-hetero) is 2. The highest BCUT2D eigenvalue weighted by Gasteiger charge is 2.28. The summed E-state index contributed by atoms with van der Waals surface area (Å²) in [4.78, 5) is 50.9. The van der Waals surface area contributed by atoms with Crippen LogP contribution in [-0.2, 0) is 9.59 Å². The van der Waals surface area contributed by atoms with E-state index in [1.165, 1.54) is 36.4 Å². The van der Waals surface area contributed by atoms with Crippen LogP contribution in [0.1, 0.15) is 73.1 Å². The van der Waals surface area contributed by atoms with Crippen molar-refractivity contribution in [2.75, 3.05) is 6.54 Å². The largest absolute Gasteiger partial charge is 0.361 e. The summed E-state index contributed by atoms with van der Waals surface area (Å²) in [7, 11) is 0. The molecule has 0 aliphatic carbocycles. The lowest BCUT2D eigenvalue weighted by atomic mass is 9.95. The van der Waals surface area contributed by atoms with Crippen molar-refractivity contribution in [3.63, 3.8) is 0 Å². The van der Waals surface area contributed by atoms with Crippen LogP contribution < -0.4 is 10.6 Å². The minimum Gasteiger partial charge on any atom is -0.361 e. The molecule has 8 nitrogen and oxygen atoms in total. The Morgan fingerprint density at radius 1 is 0.950 bits per heavy atom. The van der Waals surface area contributed by atoms with Crippen LogP contribution in [0.3, 0.4) is 0 Å². The quantitative estimate of drug-likeness (QED) is 0.235. The lowest BCUT2D eigenvalue weighted by Crippen LogP contribution is -2.43. The number of nitrogens with one attached hydrogen (secondary N) is 2. The van der Waals surface area contributed by atoms with Crippen molar-refractivity contribution in [3.05, 3.63) is 77.2 Å². The van der Waals surface area contributed by atoms with Gasteiger partial charge in [0.2, 0.25) is 11.8 Å². The molecule has 3 aromatic rings. The van der Waals surface area contributed by atoms with Crippen LogP contribution in [0.4, 0.5) is 8.78 Å². The second-order valence-electron chi connectivity index (χ2n) is 10.7. The van der Waals surface area contributed by atoms with Gasteiger partial charge < -0.3 is 15.2 Å². The van der Waals surface area contributed by atoms with Crippen molar-refractivity contribution in [2.45, 2.75) is 58.9 Å². The van der Waals surface area contributed by atoms with Gasteiger partial charge in [-0.05, 0) is 69.5 Å². The number of ketones is 2. The maximum atomic E-state index is 14.4. The SMILES string of the molecule is Cc1cc(C(=O)C[C@@H](CC(=O)NC(C)(C)C)C(=O)NCCCC(=O)c2cc(-c3cccc(F)c3)ccc2F)no1. The third-order valence-electron chi connectivity index (χ3n) is 5.97. The number of carbonyl (C=O) groups excluding carboxylic acids is 4. The van der Waals surface area contributed by atoms with Crippen molar-refractivity contribution < 1.29 is 32.5 Å². The first-order valence-electron chi connectivity index (χ1n) is 13.0. The summed E-state index contributed by atoms with van der Waals surface area (Å²) >= 11 is 0. The Labute approximate surface area is 231 Å². The maximum absolute atomic E-state index is 14.4. The molecular weight excluding hydrogens is 520 g/mol. The van der Waals surface area contributed by atoms with E-state index in [-0.39, 0.29) is 49.4 Å². The molecule has 0 radical (unpaired) electrons. The number of nitrogens with zero attached hydrogens (tertiary/aromatic N) is 1. The number of benzene rings is 2. The highest BCUT2D eigenvalue weighted by atomic mass is 19.1. The minimum absolute atomic E-state index is 0.0594. The first-order valence-corrected chi connectivity index (χ1v) is 13.0. The Kier molecular flexibility index (Phi) is 10.0. The predicted octanol–water partition coefficient (Wildman–Crippen LogP) is 5.20. The van der Waals surface area contributed by atoms with Crippen LogP contribution >= 0.6 is 0 Å². The summed E-state index contributed by atoms with van der Waals surface area (Å²) in [5, 5.41) is 9.14. The second kappa shape index (κ2) is 13.2. The van der Waals surface area contributed by atoms with Gasteiger partial charge in [0.15, 0.2) is 11.6 Å². The smallest absolute Gasteiger partial charge is 0.224 e. The summed E-state index contributed by atoms with van der Waals surface area (Å²) in [6, 6.07) is 11.2. The highest BCUT2D eigenvalue weighted by molar-refractivity contribution is 5.99. The third kappa shape index (κ3) is 8.93. The molecule has 1 aromatic heterocycles. The molecule has 0 saturated heterocycles. The first kappa shape index (κ1) is 30.3. The summed E-state index contributed by atoms with van der Waals surface area (Å²) in [6.45, 7) is 7.12. The monoisotopic (exact) mass is 553 g/mol. The van der Waals surface area contributed by atoms with Crippen molar-refractivity contribution in [1.82, 2.24) is 15.8 Å². The Bertz CT molecular complexity index is 1390. The molecule has 10 heteroatoms. The predicted molar refractivity (Wildman–Crippen MR) is 145 cm³/mol. The summed E-state index contributed by atoms with van der Waals surface area (Å²) in [5.41, 5.74) is 0.435. The molecule has 1 heterocycles. The van der Waals surface area contributed by atoms with E-state index < -0.39 is 40.6 Å². The second-order valence-corrected chi connectivity index (χ2v) is 10.7. The van der Waals surface area contributed by atoms with Crippen LogP contribution in [0.5, 0.6) is 0 Å². The molecule has 0 bridgehead atoms. The van der Waals surface area contributed by atoms with Gasteiger partial charge in [0.1, 0.15) is 23.1 Å². The fraction of sp³-hybridized carbons (Fsp3) is 0.367. The van der Waals surface area contributed by atoms with E-state index >= 15 is 0 Å². The normalized spacial score (nSPS) is 12.1. The topological polar surface area (TPSA) is 118 Å². The standard InChI is InChI=1S/C30H33F2N3O5/c1-18-13-25(35-40-18)27(37)16-21(17-28(38)34-30(2,3)4)29(39)33-12-6-9-26(36)23-15-20(10-11-24(23)32)19-7-5-8-22(31)14-19/h5,7-8,10-11,13-15,21H,6,9,12,16-17H2,1-4H3,(H,33,39)(H,34,38)/t21-/m0/s1. The summed E-state index contributed by atoms with van der Waals surface area (Å²) in [5.74, 6) is -3.49. The molecule has 2 N–H and O–H groups in total. The molecule has 1 atom stereocenters. The van der Waals surface area contributed by atoms with Crippen LogP contribution in [0.25, 0.3) is 11.1 Å². The van der Waals surface area contributed by atoms with Gasteiger partial charge in [-0.3, -0.25) is 19.2 Å². The molecule has 40 heavy (non-hydrogen) atoms. The Hall–Kier alpha value is -4.21. The van der Waals surface area contributed by atoms with Crippen LogP contribution in [0, 0.1) is 24.5 Å². The molecule has 0 spiro atoms. The fourth-order valence-corrected chi connectivity index (χ4v) is 4.10. The molecule has 0 fully saturated rings. The molecule has 2 aromatic carbocycles. The molecule has 0 saturated carbocycles. The number of hydrogen-bond donors (Lipinski definition) is 2. The molecule has 3 rings (SSSR count). The Morgan fingerprint density at radius 2 is 1.68 bits per heavy atom. The van der Waals surface area contributed by atoms with Gasteiger partial charge in [-0.1, -0.05) is 23.4 Å². The van der Waals surface area contributed by atoms with Crippen LogP contribution in [0.15, 0.2) is 53.1 Å². The van der Waals surface area contributed by atoms with Crippen molar-refractivity contribution >= 4 is 23.4 Å². The zero-order valence-electron chi connectivity index (χ0n) is 23.0. The highest BCUT2D eigenvalue weighted by Crippen LogP contribution is 2.24. The number of rotatable bonds is 12. The van der Waals surface area contributed by atoms with E-state index in [4.69, 9.17) is 4.52 Å². The number of amides is 2. The lowest BCUT2D eigenvalue weighted by molar-refractivity contribution is -0.130. The third-order valence-corrected chi connectivity index (χ3v) is 5.97. The van der Waals surface area contributed by atoms with Gasteiger partial charge in [-0.2, -0.15) is 0 Å². The molecule has 0 aliphatic rings. The van der Waals surface area contributed by atoms with E-state index in [1.807, 2.05) is 0 Å². The Morgan fingerprint density at radius 3 is 2.33 bits per heavy atom. The molecular formula is C30H33F2N3O5. The zero-order valence-corrected chi connectivity index (χ0v) is 23.0. The number of carbonyl (C=O) groups is 4. The number of aryl methyl sites for hydroxylation is 1. The first-order chi connectivity index (χ1) is 18.8. The van der Waals surface area contributed by atoms with Crippen LogP contribution in [0.2, 0.25) is 0 Å². The average Bonchev–Trinajstić information content (AvgIpc) is 3.31. The Balaban J connectivity index is 1.60. The van der Waals surface area contributed by atoms with Gasteiger partial charge in [-0.25, -0.2) is 8.78 Å². The number of aromatic nitrogens is 1. The molecule has 212 valence electrons. The number of halogens is 2. The average molecular weight is 554 g/mol. The van der Waals surface area contributed by atoms with Crippen molar-refractivity contribution in [2.24, 2.45) is 5.92 Å². The lowest BCUT2D eigenvalue weighted by Gasteiger charge is -2.22. The summed E-state index contributed by atoms with van der Waals surface area (Å²) < 4.78 is 32.9. The minimum atomic E-state index is -0.969. The van der Waals surface area contributed by atoms with Crippen molar-refractivity contribution in [1.29, 1.82) is 0 Å². The maximum Gasteiger partial charge on any atom is 0.224 e. The van der Waals surface area contributed by atoms with E-state index in [0.29, 0.717) is 16.9 Å². The molecule has 2 amide bonds.